The number of carbonyl (C=O) groups is 1. The van der Waals surface area contributed by atoms with Gasteiger partial charge in [-0.3, -0.25) is 9.48 Å². The molecule has 0 bridgehead atoms. The van der Waals surface area contributed by atoms with E-state index in [2.05, 4.69) is 9.88 Å². The maximum absolute atomic E-state index is 12.9. The Balaban J connectivity index is 1.90. The Kier molecular flexibility index (Phi) is 5.93. The third-order valence-electron chi connectivity index (χ3n) is 4.37. The Labute approximate surface area is 161 Å². The summed E-state index contributed by atoms with van der Waals surface area (Å²) in [7, 11) is 0. The van der Waals surface area contributed by atoms with Crippen molar-refractivity contribution in [3.63, 3.8) is 0 Å². The summed E-state index contributed by atoms with van der Waals surface area (Å²) in [5.41, 5.74) is 0.528. The second-order valence-corrected chi connectivity index (χ2v) is 6.39. The van der Waals surface area contributed by atoms with E-state index < -0.39 is 11.5 Å². The zero-order valence-electron chi connectivity index (χ0n) is 15.3. The summed E-state index contributed by atoms with van der Waals surface area (Å²) in [6.07, 6.45) is 2.96. The molecule has 2 heterocycles. The van der Waals surface area contributed by atoms with Crippen molar-refractivity contribution < 1.29 is 9.53 Å². The fourth-order valence-corrected chi connectivity index (χ4v) is 3.01. The van der Waals surface area contributed by atoms with Gasteiger partial charge in [-0.05, 0) is 31.3 Å². The number of likely N-dealkylation sites (N-methyl/N-ethyl adjacent to an activating group) is 1. The van der Waals surface area contributed by atoms with Crippen LogP contribution in [0.5, 0.6) is 0 Å². The van der Waals surface area contributed by atoms with E-state index in [1.165, 1.54) is 10.7 Å². The van der Waals surface area contributed by atoms with Crippen LogP contribution in [0.4, 0.5) is 0 Å². The fraction of sp³-hybridized carbons (Fsp3) is 0.316. The van der Waals surface area contributed by atoms with E-state index in [1.54, 1.807) is 35.1 Å². The van der Waals surface area contributed by atoms with Gasteiger partial charge in [0.1, 0.15) is 12.2 Å². The Morgan fingerprint density at radius 3 is 2.74 bits per heavy atom. The molecule has 3 aromatic rings. The van der Waals surface area contributed by atoms with Gasteiger partial charge < -0.3 is 9.64 Å². The van der Waals surface area contributed by atoms with E-state index in [-0.39, 0.29) is 12.2 Å². The van der Waals surface area contributed by atoms with E-state index in [0.29, 0.717) is 22.9 Å². The first-order chi connectivity index (χ1) is 13.0. The highest BCUT2D eigenvalue weighted by molar-refractivity contribution is 6.30. The molecule has 0 aliphatic carbocycles. The number of hydrogen-bond donors (Lipinski definition) is 0. The molecule has 0 aliphatic rings. The number of esters is 1. The molecule has 0 N–H and O–H groups in total. The fourth-order valence-electron chi connectivity index (χ4n) is 2.83. The van der Waals surface area contributed by atoms with E-state index in [4.69, 9.17) is 16.3 Å². The van der Waals surface area contributed by atoms with Crippen molar-refractivity contribution in [2.45, 2.75) is 13.8 Å². The molecule has 27 heavy (non-hydrogen) atoms. The van der Waals surface area contributed by atoms with Crippen molar-refractivity contribution in [3.05, 3.63) is 63.7 Å². The molecule has 0 fully saturated rings. The highest BCUT2D eigenvalue weighted by Crippen LogP contribution is 2.15. The number of benzene rings is 1. The molecule has 1 aromatic carbocycles. The number of fused-ring (bicyclic) bond motifs is 1. The summed E-state index contributed by atoms with van der Waals surface area (Å²) in [5.74, 6) is -0.673. The van der Waals surface area contributed by atoms with Crippen LogP contribution in [-0.4, -0.2) is 51.3 Å². The van der Waals surface area contributed by atoms with Crippen LogP contribution in [0.1, 0.15) is 24.2 Å². The molecule has 0 radical (unpaired) electrons. The predicted octanol–water partition coefficient (Wildman–Crippen LogP) is 2.64. The summed E-state index contributed by atoms with van der Waals surface area (Å²) in [4.78, 5) is 31.6. The molecule has 2 aromatic heterocycles. The largest absolute Gasteiger partial charge is 0.461 e. The maximum atomic E-state index is 12.9. The van der Waals surface area contributed by atoms with Crippen molar-refractivity contribution in [1.82, 2.24) is 19.1 Å². The molecule has 8 heteroatoms. The molecule has 0 spiro atoms. The molecule has 0 saturated heterocycles. The lowest BCUT2D eigenvalue weighted by Gasteiger charge is -2.17. The highest BCUT2D eigenvalue weighted by atomic mass is 35.5. The number of ether oxygens (including phenoxy) is 1. The SMILES string of the molecule is CCN(CC)CCOC(=O)c1cnc2ccn(-c3cccc(Cl)c3)n2c1=O. The Morgan fingerprint density at radius 2 is 2.04 bits per heavy atom. The predicted molar refractivity (Wildman–Crippen MR) is 104 cm³/mol. The van der Waals surface area contributed by atoms with Crippen LogP contribution in [0.25, 0.3) is 11.3 Å². The zero-order chi connectivity index (χ0) is 19.4. The molecule has 0 saturated carbocycles. The van der Waals surface area contributed by atoms with E-state index in [0.717, 1.165) is 13.1 Å². The molecule has 7 nitrogen and oxygen atoms in total. The molecule has 0 atom stereocenters. The summed E-state index contributed by atoms with van der Waals surface area (Å²) in [6.45, 7) is 6.67. The lowest BCUT2D eigenvalue weighted by atomic mass is 10.3. The lowest BCUT2D eigenvalue weighted by Crippen LogP contribution is -2.30. The van der Waals surface area contributed by atoms with Gasteiger partial charge in [0.15, 0.2) is 5.65 Å². The first-order valence-electron chi connectivity index (χ1n) is 8.80. The minimum Gasteiger partial charge on any atom is -0.461 e. The van der Waals surface area contributed by atoms with Gasteiger partial charge in [0.2, 0.25) is 0 Å². The van der Waals surface area contributed by atoms with Gasteiger partial charge in [-0.2, -0.15) is 4.52 Å². The average Bonchev–Trinajstić information content (AvgIpc) is 3.10. The summed E-state index contributed by atoms with van der Waals surface area (Å²) in [6, 6.07) is 8.76. The van der Waals surface area contributed by atoms with E-state index in [1.807, 2.05) is 19.9 Å². The standard InChI is InChI=1S/C19H21ClN4O3/c1-3-22(4-2)10-11-27-19(26)16-13-21-17-8-9-23(24(17)18(16)25)15-7-5-6-14(20)12-15/h5-9,12-13H,3-4,10-11H2,1-2H3. The van der Waals surface area contributed by atoms with E-state index >= 15 is 0 Å². The number of halogens is 1. The smallest absolute Gasteiger partial charge is 0.345 e. The van der Waals surface area contributed by atoms with Crippen molar-refractivity contribution >= 4 is 23.2 Å². The van der Waals surface area contributed by atoms with Crippen LogP contribution >= 0.6 is 11.6 Å². The second kappa shape index (κ2) is 8.37. The minimum atomic E-state index is -0.673. The van der Waals surface area contributed by atoms with Crippen LogP contribution in [0, 0.1) is 0 Å². The highest BCUT2D eigenvalue weighted by Gasteiger charge is 2.17. The summed E-state index contributed by atoms with van der Waals surface area (Å²) in [5, 5.41) is 0.544. The second-order valence-electron chi connectivity index (χ2n) is 5.95. The van der Waals surface area contributed by atoms with Crippen LogP contribution in [-0.2, 0) is 4.74 Å². The third kappa shape index (κ3) is 4.04. The molecule has 0 amide bonds. The number of rotatable bonds is 7. The molecule has 3 rings (SSSR count). The van der Waals surface area contributed by atoms with Gasteiger partial charge in [0.05, 0.1) is 5.69 Å². The number of carbonyl (C=O) groups excluding carboxylic acids is 1. The molecular weight excluding hydrogens is 368 g/mol. The molecule has 142 valence electrons. The number of nitrogens with zero attached hydrogens (tertiary/aromatic N) is 4. The molecule has 0 unspecified atom stereocenters. The number of aromatic nitrogens is 3. The first-order valence-corrected chi connectivity index (χ1v) is 9.17. The van der Waals surface area contributed by atoms with Crippen molar-refractivity contribution in [1.29, 1.82) is 0 Å². The lowest BCUT2D eigenvalue weighted by molar-refractivity contribution is 0.0463. The van der Waals surface area contributed by atoms with Crippen molar-refractivity contribution in [2.75, 3.05) is 26.2 Å². The van der Waals surface area contributed by atoms with Gasteiger partial charge in [-0.15, -0.1) is 0 Å². The van der Waals surface area contributed by atoms with Gasteiger partial charge in [-0.1, -0.05) is 31.5 Å². The van der Waals surface area contributed by atoms with Gasteiger partial charge >= 0.3 is 5.97 Å². The van der Waals surface area contributed by atoms with Crippen molar-refractivity contribution in [2.24, 2.45) is 0 Å². The Morgan fingerprint density at radius 1 is 1.26 bits per heavy atom. The first kappa shape index (κ1) is 19.1. The Bertz CT molecular complexity index is 1010. The normalized spacial score (nSPS) is 11.3. The minimum absolute atomic E-state index is 0.103. The van der Waals surface area contributed by atoms with Crippen LogP contribution in [0.3, 0.4) is 0 Å². The van der Waals surface area contributed by atoms with Gasteiger partial charge in [0, 0.05) is 30.0 Å². The zero-order valence-corrected chi connectivity index (χ0v) is 16.0. The molecule has 0 aliphatic heterocycles. The third-order valence-corrected chi connectivity index (χ3v) is 4.61. The Hall–Kier alpha value is -2.64. The van der Waals surface area contributed by atoms with Gasteiger partial charge in [-0.25, -0.2) is 9.78 Å². The monoisotopic (exact) mass is 388 g/mol. The van der Waals surface area contributed by atoms with Gasteiger partial charge in [0.25, 0.3) is 5.56 Å². The maximum Gasteiger partial charge on any atom is 0.345 e. The summed E-state index contributed by atoms with van der Waals surface area (Å²) >= 11 is 6.05. The van der Waals surface area contributed by atoms with Crippen molar-refractivity contribution in [3.8, 4) is 5.69 Å². The van der Waals surface area contributed by atoms with Crippen LogP contribution in [0.15, 0.2) is 47.5 Å². The molecular formula is C19H21ClN4O3. The topological polar surface area (TPSA) is 68.8 Å². The average molecular weight is 389 g/mol. The van der Waals surface area contributed by atoms with E-state index in [9.17, 15) is 9.59 Å². The van der Waals surface area contributed by atoms with Crippen LogP contribution < -0.4 is 5.56 Å². The number of hydrogen-bond acceptors (Lipinski definition) is 5. The summed E-state index contributed by atoms with van der Waals surface area (Å²) < 4.78 is 8.20. The van der Waals surface area contributed by atoms with Crippen LogP contribution in [0.2, 0.25) is 5.02 Å². The quantitative estimate of drug-likeness (QED) is 0.582.